The molecule has 1 aliphatic rings. The lowest BCUT2D eigenvalue weighted by Crippen LogP contribution is -1.96. The first-order chi connectivity index (χ1) is 4.69. The summed E-state index contributed by atoms with van der Waals surface area (Å²) in [5.74, 6) is 0. The normalized spacial score (nSPS) is 38.1. The molecule has 0 heterocycles. The molecule has 1 rings (SSSR count). The zero-order chi connectivity index (χ0) is 7.61. The summed E-state index contributed by atoms with van der Waals surface area (Å²) in [5, 5.41) is 0. The first-order valence-electron chi connectivity index (χ1n) is 4.33. The third-order valence-electron chi connectivity index (χ3n) is 2.59. The van der Waals surface area contributed by atoms with E-state index in [9.17, 15) is 0 Å². The van der Waals surface area contributed by atoms with Gasteiger partial charge in [0.1, 0.15) is 0 Å². The Balaban J connectivity index is 2.03. The molecule has 0 saturated heterocycles. The molecule has 0 spiro atoms. The lowest BCUT2D eigenvalue weighted by atomic mass is 10.0. The standard InChI is InChI=1S/C9H17Br/c1-3-4-5-6-9(2)7-8(9)10/h8H,3-7H2,1-2H3. The monoisotopic (exact) mass is 204 g/mol. The van der Waals surface area contributed by atoms with Crippen molar-refractivity contribution in [2.45, 2.75) is 50.8 Å². The molecule has 1 aliphatic carbocycles. The van der Waals surface area contributed by atoms with Gasteiger partial charge >= 0.3 is 0 Å². The van der Waals surface area contributed by atoms with Crippen LogP contribution >= 0.6 is 15.9 Å². The van der Waals surface area contributed by atoms with E-state index < -0.39 is 0 Å². The van der Waals surface area contributed by atoms with Crippen LogP contribution in [-0.2, 0) is 0 Å². The molecular weight excluding hydrogens is 188 g/mol. The van der Waals surface area contributed by atoms with Crippen LogP contribution in [0.15, 0.2) is 0 Å². The van der Waals surface area contributed by atoms with E-state index in [4.69, 9.17) is 0 Å². The minimum atomic E-state index is 0.676. The van der Waals surface area contributed by atoms with Crippen LogP contribution in [0.25, 0.3) is 0 Å². The predicted molar refractivity (Wildman–Crippen MR) is 49.6 cm³/mol. The Kier molecular flexibility index (Phi) is 2.79. The van der Waals surface area contributed by atoms with Crippen LogP contribution in [0.2, 0.25) is 0 Å². The van der Waals surface area contributed by atoms with Gasteiger partial charge in [0.05, 0.1) is 0 Å². The van der Waals surface area contributed by atoms with Crippen LogP contribution in [0.4, 0.5) is 0 Å². The van der Waals surface area contributed by atoms with E-state index in [0.29, 0.717) is 5.41 Å². The van der Waals surface area contributed by atoms with Crippen LogP contribution in [0, 0.1) is 5.41 Å². The fourth-order valence-electron chi connectivity index (χ4n) is 1.39. The summed E-state index contributed by atoms with van der Waals surface area (Å²) in [6.45, 7) is 4.66. The van der Waals surface area contributed by atoms with Crippen LogP contribution in [0.5, 0.6) is 0 Å². The van der Waals surface area contributed by atoms with Gasteiger partial charge in [0.15, 0.2) is 0 Å². The lowest BCUT2D eigenvalue weighted by Gasteiger charge is -2.06. The maximum absolute atomic E-state index is 3.66. The van der Waals surface area contributed by atoms with E-state index >= 15 is 0 Å². The first-order valence-corrected chi connectivity index (χ1v) is 5.25. The minimum Gasteiger partial charge on any atom is -0.0885 e. The van der Waals surface area contributed by atoms with Crippen molar-refractivity contribution in [2.24, 2.45) is 5.41 Å². The van der Waals surface area contributed by atoms with Crippen molar-refractivity contribution < 1.29 is 0 Å². The van der Waals surface area contributed by atoms with Gasteiger partial charge in [0.2, 0.25) is 0 Å². The molecule has 0 aliphatic heterocycles. The van der Waals surface area contributed by atoms with E-state index in [1.807, 2.05) is 0 Å². The lowest BCUT2D eigenvalue weighted by molar-refractivity contribution is 0.484. The zero-order valence-electron chi connectivity index (χ0n) is 6.99. The molecule has 10 heavy (non-hydrogen) atoms. The van der Waals surface area contributed by atoms with E-state index in [2.05, 4.69) is 29.8 Å². The van der Waals surface area contributed by atoms with Gasteiger partial charge in [-0.3, -0.25) is 0 Å². The van der Waals surface area contributed by atoms with E-state index in [1.54, 1.807) is 0 Å². The van der Waals surface area contributed by atoms with Crippen LogP contribution < -0.4 is 0 Å². The summed E-state index contributed by atoms with van der Waals surface area (Å²) in [5.41, 5.74) is 0.676. The molecule has 0 amide bonds. The third-order valence-corrected chi connectivity index (χ3v) is 4.02. The van der Waals surface area contributed by atoms with Crippen molar-refractivity contribution in [3.63, 3.8) is 0 Å². The number of hydrogen-bond acceptors (Lipinski definition) is 0. The average molecular weight is 205 g/mol. The molecular formula is C9H17Br. The highest BCUT2D eigenvalue weighted by molar-refractivity contribution is 9.09. The smallest absolute Gasteiger partial charge is 0.0205 e. The summed E-state index contributed by atoms with van der Waals surface area (Å²) in [6, 6.07) is 0. The highest BCUT2D eigenvalue weighted by Crippen LogP contribution is 2.54. The fourth-order valence-corrected chi connectivity index (χ4v) is 2.36. The Morgan fingerprint density at radius 3 is 2.50 bits per heavy atom. The molecule has 0 aromatic heterocycles. The van der Waals surface area contributed by atoms with Crippen molar-refractivity contribution in [2.75, 3.05) is 0 Å². The van der Waals surface area contributed by atoms with Gasteiger partial charge in [-0.2, -0.15) is 0 Å². The third kappa shape index (κ3) is 1.98. The molecule has 1 heteroatoms. The maximum Gasteiger partial charge on any atom is 0.0205 e. The van der Waals surface area contributed by atoms with Gasteiger partial charge in [-0.25, -0.2) is 0 Å². The van der Waals surface area contributed by atoms with Gasteiger partial charge in [0, 0.05) is 4.83 Å². The maximum atomic E-state index is 3.66. The Hall–Kier alpha value is 0.480. The first kappa shape index (κ1) is 8.58. The van der Waals surface area contributed by atoms with Gasteiger partial charge in [0.25, 0.3) is 0 Å². The largest absolute Gasteiger partial charge is 0.0885 e. The fraction of sp³-hybridized carbons (Fsp3) is 1.00. The van der Waals surface area contributed by atoms with E-state index in [1.165, 1.54) is 32.1 Å². The van der Waals surface area contributed by atoms with Crippen LogP contribution in [0.3, 0.4) is 0 Å². The molecule has 0 aromatic rings. The second-order valence-electron chi connectivity index (χ2n) is 3.78. The average Bonchev–Trinajstić information content (AvgIpc) is 2.42. The number of rotatable bonds is 4. The molecule has 60 valence electrons. The van der Waals surface area contributed by atoms with Crippen molar-refractivity contribution in [1.82, 2.24) is 0 Å². The Morgan fingerprint density at radius 1 is 1.50 bits per heavy atom. The highest BCUT2D eigenvalue weighted by Gasteiger charge is 2.47. The predicted octanol–water partition coefficient (Wildman–Crippen LogP) is 3.74. The number of halogens is 1. The second kappa shape index (κ2) is 3.25. The van der Waals surface area contributed by atoms with Crippen molar-refractivity contribution >= 4 is 15.9 Å². The molecule has 1 fully saturated rings. The molecule has 0 radical (unpaired) electrons. The SMILES string of the molecule is CCCCCC1(C)CC1Br. The molecule has 0 nitrogen and oxygen atoms in total. The molecule has 2 unspecified atom stereocenters. The molecule has 0 aromatic carbocycles. The quantitative estimate of drug-likeness (QED) is 0.484. The number of alkyl halides is 1. The van der Waals surface area contributed by atoms with Crippen molar-refractivity contribution in [3.05, 3.63) is 0 Å². The van der Waals surface area contributed by atoms with Gasteiger partial charge in [-0.1, -0.05) is 49.0 Å². The molecule has 0 bridgehead atoms. The van der Waals surface area contributed by atoms with Gasteiger partial charge in [-0.15, -0.1) is 0 Å². The van der Waals surface area contributed by atoms with Gasteiger partial charge < -0.3 is 0 Å². The number of unbranched alkanes of at least 4 members (excludes halogenated alkanes) is 2. The summed E-state index contributed by atoms with van der Waals surface area (Å²) < 4.78 is 0. The molecule has 1 saturated carbocycles. The van der Waals surface area contributed by atoms with Crippen molar-refractivity contribution in [3.8, 4) is 0 Å². The Labute approximate surface area is 72.5 Å². The van der Waals surface area contributed by atoms with Gasteiger partial charge in [-0.05, 0) is 18.3 Å². The zero-order valence-corrected chi connectivity index (χ0v) is 8.58. The minimum absolute atomic E-state index is 0.676. The summed E-state index contributed by atoms with van der Waals surface area (Å²) in [6.07, 6.45) is 7.01. The Bertz CT molecular complexity index is 111. The summed E-state index contributed by atoms with van der Waals surface area (Å²) >= 11 is 3.66. The summed E-state index contributed by atoms with van der Waals surface area (Å²) in [4.78, 5) is 0.830. The molecule has 0 N–H and O–H groups in total. The van der Waals surface area contributed by atoms with E-state index in [0.717, 1.165) is 4.83 Å². The van der Waals surface area contributed by atoms with E-state index in [-0.39, 0.29) is 0 Å². The van der Waals surface area contributed by atoms with Crippen molar-refractivity contribution in [1.29, 1.82) is 0 Å². The van der Waals surface area contributed by atoms with Crippen LogP contribution in [-0.4, -0.2) is 4.83 Å². The van der Waals surface area contributed by atoms with Crippen LogP contribution in [0.1, 0.15) is 46.0 Å². The number of hydrogen-bond donors (Lipinski definition) is 0. The topological polar surface area (TPSA) is 0 Å². The second-order valence-corrected chi connectivity index (χ2v) is 4.89. The summed E-state index contributed by atoms with van der Waals surface area (Å²) in [7, 11) is 0. The molecule has 2 atom stereocenters. The highest BCUT2D eigenvalue weighted by atomic mass is 79.9. The Morgan fingerprint density at radius 2 is 2.10 bits per heavy atom.